The monoisotopic (exact) mass is 249 g/mol. The summed E-state index contributed by atoms with van der Waals surface area (Å²) in [6.07, 6.45) is 3.32. The predicted molar refractivity (Wildman–Crippen MR) is 71.7 cm³/mol. The van der Waals surface area contributed by atoms with Crippen molar-refractivity contribution in [3.63, 3.8) is 0 Å². The number of fused-ring (bicyclic) bond motifs is 1. The average Bonchev–Trinajstić information content (AvgIpc) is 2.68. The Kier molecular flexibility index (Phi) is 3.53. The molecule has 0 unspecified atom stereocenters. The zero-order chi connectivity index (χ0) is 12.4. The molecule has 1 heterocycles. The van der Waals surface area contributed by atoms with Crippen LogP contribution in [0, 0.1) is 5.92 Å². The third-order valence-corrected chi connectivity index (χ3v) is 3.13. The Morgan fingerprint density at radius 1 is 1.41 bits per heavy atom. The Balaban J connectivity index is 2.27. The Morgan fingerprint density at radius 2 is 2.18 bits per heavy atom. The quantitative estimate of drug-likeness (QED) is 0.799. The third kappa shape index (κ3) is 2.70. The minimum atomic E-state index is 0.201. The van der Waals surface area contributed by atoms with Gasteiger partial charge >= 0.3 is 0 Å². The number of nitrogens with one attached hydrogen (secondary N) is 1. The molecule has 3 heteroatoms. The minimum absolute atomic E-state index is 0.201. The number of hydrogen-bond acceptors (Lipinski definition) is 1. The first-order valence-corrected chi connectivity index (χ1v) is 6.25. The van der Waals surface area contributed by atoms with Crippen molar-refractivity contribution in [3.8, 4) is 0 Å². The second-order valence-electron chi connectivity index (χ2n) is 4.75. The van der Waals surface area contributed by atoms with Crippen molar-refractivity contribution in [3.05, 3.63) is 35.0 Å². The van der Waals surface area contributed by atoms with E-state index in [1.165, 1.54) is 0 Å². The summed E-state index contributed by atoms with van der Waals surface area (Å²) >= 11 is 5.91. The summed E-state index contributed by atoms with van der Waals surface area (Å²) < 4.78 is 0. The number of benzene rings is 1. The lowest BCUT2D eigenvalue weighted by molar-refractivity contribution is 0.0977. The van der Waals surface area contributed by atoms with E-state index in [1.54, 1.807) is 6.20 Å². The van der Waals surface area contributed by atoms with E-state index in [2.05, 4.69) is 18.8 Å². The van der Waals surface area contributed by atoms with Crippen LogP contribution < -0.4 is 0 Å². The van der Waals surface area contributed by atoms with Gasteiger partial charge in [0.15, 0.2) is 5.78 Å². The van der Waals surface area contributed by atoms with Gasteiger partial charge < -0.3 is 4.98 Å². The molecule has 0 spiro atoms. The van der Waals surface area contributed by atoms with Crippen LogP contribution in [0.4, 0.5) is 0 Å². The normalized spacial score (nSPS) is 11.3. The molecule has 2 rings (SSSR count). The maximum Gasteiger partial charge on any atom is 0.165 e. The van der Waals surface area contributed by atoms with Gasteiger partial charge in [-0.15, -0.1) is 0 Å². The lowest BCUT2D eigenvalue weighted by atomic mass is 10.0. The Labute approximate surface area is 106 Å². The Morgan fingerprint density at radius 3 is 2.88 bits per heavy atom. The van der Waals surface area contributed by atoms with Gasteiger partial charge in [-0.25, -0.2) is 0 Å². The van der Waals surface area contributed by atoms with Crippen molar-refractivity contribution in [1.29, 1.82) is 0 Å². The standard InChI is InChI=1S/C14H16ClNO/c1-9(2)3-6-14(17)12-8-16-13-7-10(15)4-5-11(12)13/h4-5,7-9,16H,3,6H2,1-2H3. The van der Waals surface area contributed by atoms with E-state index in [9.17, 15) is 4.79 Å². The minimum Gasteiger partial charge on any atom is -0.360 e. The lowest BCUT2D eigenvalue weighted by Gasteiger charge is -2.02. The van der Waals surface area contributed by atoms with Crippen LogP contribution in [-0.2, 0) is 0 Å². The van der Waals surface area contributed by atoms with E-state index in [0.29, 0.717) is 17.4 Å². The van der Waals surface area contributed by atoms with Crippen LogP contribution in [-0.4, -0.2) is 10.8 Å². The highest BCUT2D eigenvalue weighted by Gasteiger charge is 2.12. The summed E-state index contributed by atoms with van der Waals surface area (Å²) in [5.41, 5.74) is 1.70. The molecule has 0 saturated carbocycles. The fourth-order valence-electron chi connectivity index (χ4n) is 1.88. The van der Waals surface area contributed by atoms with Gasteiger partial charge in [0.25, 0.3) is 0 Å². The predicted octanol–water partition coefficient (Wildman–Crippen LogP) is 4.44. The molecule has 1 aromatic heterocycles. The van der Waals surface area contributed by atoms with Crippen molar-refractivity contribution in [1.82, 2.24) is 4.98 Å². The van der Waals surface area contributed by atoms with Crippen LogP contribution in [0.3, 0.4) is 0 Å². The number of H-pyrrole nitrogens is 1. The van der Waals surface area contributed by atoms with Gasteiger partial charge in [0, 0.05) is 34.1 Å². The average molecular weight is 250 g/mol. The molecular weight excluding hydrogens is 234 g/mol. The number of aromatic nitrogens is 1. The summed E-state index contributed by atoms with van der Waals surface area (Å²) in [5.74, 6) is 0.755. The smallest absolute Gasteiger partial charge is 0.165 e. The highest BCUT2D eigenvalue weighted by atomic mass is 35.5. The summed E-state index contributed by atoms with van der Waals surface area (Å²) in [4.78, 5) is 15.1. The number of aromatic amines is 1. The van der Waals surface area contributed by atoms with Gasteiger partial charge in [-0.05, 0) is 24.5 Å². The first-order valence-electron chi connectivity index (χ1n) is 5.87. The van der Waals surface area contributed by atoms with Crippen molar-refractivity contribution in [2.24, 2.45) is 5.92 Å². The second kappa shape index (κ2) is 4.92. The summed E-state index contributed by atoms with van der Waals surface area (Å²) in [7, 11) is 0. The molecular formula is C14H16ClNO. The van der Waals surface area contributed by atoms with Crippen LogP contribution in [0.25, 0.3) is 10.9 Å². The molecule has 17 heavy (non-hydrogen) atoms. The summed E-state index contributed by atoms with van der Waals surface area (Å²) in [6, 6.07) is 5.56. The van der Waals surface area contributed by atoms with Crippen LogP contribution >= 0.6 is 11.6 Å². The summed E-state index contributed by atoms with van der Waals surface area (Å²) in [6.45, 7) is 4.25. The third-order valence-electron chi connectivity index (χ3n) is 2.89. The van der Waals surface area contributed by atoms with Crippen LogP contribution in [0.5, 0.6) is 0 Å². The molecule has 0 fully saturated rings. The number of halogens is 1. The Hall–Kier alpha value is -1.28. The van der Waals surface area contributed by atoms with Crippen LogP contribution in [0.2, 0.25) is 5.02 Å². The van der Waals surface area contributed by atoms with Crippen molar-refractivity contribution in [2.45, 2.75) is 26.7 Å². The first kappa shape index (κ1) is 12.2. The molecule has 0 atom stereocenters. The number of ketones is 1. The van der Waals surface area contributed by atoms with Gasteiger partial charge in [-0.3, -0.25) is 4.79 Å². The highest BCUT2D eigenvalue weighted by molar-refractivity contribution is 6.31. The molecule has 0 bridgehead atoms. The Bertz CT molecular complexity index is 542. The van der Waals surface area contributed by atoms with Gasteiger partial charge in [-0.2, -0.15) is 0 Å². The van der Waals surface area contributed by atoms with E-state index in [1.807, 2.05) is 18.2 Å². The van der Waals surface area contributed by atoms with Crippen LogP contribution in [0.1, 0.15) is 37.0 Å². The fraction of sp³-hybridized carbons (Fsp3) is 0.357. The molecule has 0 aliphatic carbocycles. The molecule has 0 saturated heterocycles. The van der Waals surface area contributed by atoms with Crippen molar-refractivity contribution >= 4 is 28.3 Å². The topological polar surface area (TPSA) is 32.9 Å². The summed E-state index contributed by atoms with van der Waals surface area (Å²) in [5, 5.41) is 1.64. The molecule has 1 aromatic carbocycles. The zero-order valence-corrected chi connectivity index (χ0v) is 10.8. The zero-order valence-electron chi connectivity index (χ0n) is 10.1. The van der Waals surface area contributed by atoms with Gasteiger partial charge in [0.05, 0.1) is 0 Å². The first-order chi connectivity index (χ1) is 8.08. The van der Waals surface area contributed by atoms with Gasteiger partial charge in [-0.1, -0.05) is 31.5 Å². The van der Waals surface area contributed by atoms with Crippen molar-refractivity contribution in [2.75, 3.05) is 0 Å². The number of Topliss-reactive ketones (excluding diaryl/α,β-unsaturated/α-hetero) is 1. The van der Waals surface area contributed by atoms with Gasteiger partial charge in [0.2, 0.25) is 0 Å². The molecule has 2 aromatic rings. The van der Waals surface area contributed by atoms with Crippen LogP contribution in [0.15, 0.2) is 24.4 Å². The maximum atomic E-state index is 12.1. The highest BCUT2D eigenvalue weighted by Crippen LogP contribution is 2.23. The van der Waals surface area contributed by atoms with E-state index in [0.717, 1.165) is 22.9 Å². The molecule has 0 aliphatic rings. The fourth-order valence-corrected chi connectivity index (χ4v) is 2.06. The van der Waals surface area contributed by atoms with E-state index in [4.69, 9.17) is 11.6 Å². The van der Waals surface area contributed by atoms with E-state index >= 15 is 0 Å². The van der Waals surface area contributed by atoms with Gasteiger partial charge in [0.1, 0.15) is 0 Å². The lowest BCUT2D eigenvalue weighted by Crippen LogP contribution is -2.00. The number of carbonyl (C=O) groups is 1. The van der Waals surface area contributed by atoms with E-state index < -0.39 is 0 Å². The number of hydrogen-bond donors (Lipinski definition) is 1. The molecule has 2 nitrogen and oxygen atoms in total. The number of carbonyl (C=O) groups excluding carboxylic acids is 1. The molecule has 0 amide bonds. The maximum absolute atomic E-state index is 12.1. The van der Waals surface area contributed by atoms with Crippen molar-refractivity contribution < 1.29 is 4.79 Å². The molecule has 90 valence electrons. The molecule has 1 N–H and O–H groups in total. The number of rotatable bonds is 4. The molecule has 0 radical (unpaired) electrons. The SMILES string of the molecule is CC(C)CCC(=O)c1c[nH]c2cc(Cl)ccc12. The largest absolute Gasteiger partial charge is 0.360 e. The molecule has 0 aliphatic heterocycles. The van der Waals surface area contributed by atoms with E-state index in [-0.39, 0.29) is 5.78 Å². The second-order valence-corrected chi connectivity index (χ2v) is 5.18.